The molecule has 4 nitrogen and oxygen atoms in total. The summed E-state index contributed by atoms with van der Waals surface area (Å²) in [6, 6.07) is 11.0. The van der Waals surface area contributed by atoms with Gasteiger partial charge in [0.2, 0.25) is 5.91 Å². The van der Waals surface area contributed by atoms with Crippen molar-refractivity contribution in [2.24, 2.45) is 0 Å². The molecule has 0 spiro atoms. The Kier molecular flexibility index (Phi) is 5.11. The maximum absolute atomic E-state index is 12.0. The molecular formula is C18H26N2O2. The maximum atomic E-state index is 12.0. The summed E-state index contributed by atoms with van der Waals surface area (Å²) >= 11 is 0. The number of likely N-dealkylation sites (tertiary alicyclic amines) is 1. The van der Waals surface area contributed by atoms with Crippen LogP contribution in [0.4, 0.5) is 0 Å². The number of benzene rings is 1. The Balaban J connectivity index is 1.72. The smallest absolute Gasteiger partial charge is 0.222 e. The second-order valence-electron chi connectivity index (χ2n) is 6.38. The molecule has 1 heterocycles. The van der Waals surface area contributed by atoms with Crippen LogP contribution < -0.4 is 5.32 Å². The third kappa shape index (κ3) is 3.50. The van der Waals surface area contributed by atoms with Gasteiger partial charge in [0.1, 0.15) is 0 Å². The molecule has 0 bridgehead atoms. The molecule has 1 N–H and O–H groups in total. The lowest BCUT2D eigenvalue weighted by molar-refractivity contribution is -0.128. The van der Waals surface area contributed by atoms with Gasteiger partial charge in [0.05, 0.1) is 12.1 Å². The fourth-order valence-electron chi connectivity index (χ4n) is 3.71. The van der Waals surface area contributed by atoms with E-state index in [9.17, 15) is 4.79 Å². The molecule has 0 radical (unpaired) electrons. The lowest BCUT2D eigenvalue weighted by atomic mass is 10.0. The molecule has 3 unspecified atom stereocenters. The average Bonchev–Trinajstić information content (AvgIpc) is 3.16. The SMILES string of the molecule is COC1CCCC1NC(CN1CCCC1=O)c1ccccc1. The van der Waals surface area contributed by atoms with E-state index in [-0.39, 0.29) is 11.9 Å². The lowest BCUT2D eigenvalue weighted by Crippen LogP contribution is -2.44. The Morgan fingerprint density at radius 3 is 2.77 bits per heavy atom. The van der Waals surface area contributed by atoms with Crippen LogP contribution in [0, 0.1) is 0 Å². The summed E-state index contributed by atoms with van der Waals surface area (Å²) in [6.45, 7) is 1.65. The fourth-order valence-corrected chi connectivity index (χ4v) is 3.71. The number of methoxy groups -OCH3 is 1. The molecule has 1 saturated heterocycles. The minimum Gasteiger partial charge on any atom is -0.380 e. The summed E-state index contributed by atoms with van der Waals surface area (Å²) in [6.07, 6.45) is 5.46. The van der Waals surface area contributed by atoms with Crippen molar-refractivity contribution in [2.75, 3.05) is 20.2 Å². The van der Waals surface area contributed by atoms with Crippen LogP contribution >= 0.6 is 0 Å². The van der Waals surface area contributed by atoms with Crippen LogP contribution in [0.25, 0.3) is 0 Å². The minimum atomic E-state index is 0.184. The molecule has 4 heteroatoms. The summed E-state index contributed by atoms with van der Waals surface area (Å²) in [5.74, 6) is 0.289. The standard InChI is InChI=1S/C18H26N2O2/c1-22-17-10-5-9-15(17)19-16(14-7-3-2-4-8-14)13-20-12-6-11-18(20)21/h2-4,7-8,15-17,19H,5-6,9-13H2,1H3. The van der Waals surface area contributed by atoms with Gasteiger partial charge >= 0.3 is 0 Å². The fraction of sp³-hybridized carbons (Fsp3) is 0.611. The quantitative estimate of drug-likeness (QED) is 0.878. The van der Waals surface area contributed by atoms with Crippen molar-refractivity contribution in [1.82, 2.24) is 10.2 Å². The largest absolute Gasteiger partial charge is 0.380 e. The zero-order valence-electron chi connectivity index (χ0n) is 13.3. The van der Waals surface area contributed by atoms with E-state index < -0.39 is 0 Å². The molecule has 1 aromatic rings. The van der Waals surface area contributed by atoms with E-state index in [2.05, 4.69) is 29.6 Å². The zero-order valence-corrected chi connectivity index (χ0v) is 13.3. The number of hydrogen-bond acceptors (Lipinski definition) is 3. The molecule has 120 valence electrons. The van der Waals surface area contributed by atoms with Crippen molar-refractivity contribution < 1.29 is 9.53 Å². The molecule has 2 aliphatic rings. The van der Waals surface area contributed by atoms with Crippen molar-refractivity contribution in [3.63, 3.8) is 0 Å². The van der Waals surface area contributed by atoms with E-state index >= 15 is 0 Å². The van der Waals surface area contributed by atoms with Gasteiger partial charge < -0.3 is 15.0 Å². The van der Waals surface area contributed by atoms with Gasteiger partial charge in [-0.2, -0.15) is 0 Å². The molecule has 1 saturated carbocycles. The molecule has 0 aromatic heterocycles. The highest BCUT2D eigenvalue weighted by molar-refractivity contribution is 5.78. The third-order valence-corrected chi connectivity index (χ3v) is 4.95. The van der Waals surface area contributed by atoms with Crippen LogP contribution in [0.15, 0.2) is 30.3 Å². The third-order valence-electron chi connectivity index (χ3n) is 4.95. The predicted octanol–water partition coefficient (Wildman–Crippen LogP) is 2.51. The number of amides is 1. The summed E-state index contributed by atoms with van der Waals surface area (Å²) in [4.78, 5) is 14.0. The summed E-state index contributed by atoms with van der Waals surface area (Å²) in [7, 11) is 1.80. The van der Waals surface area contributed by atoms with E-state index in [0.717, 1.165) is 32.4 Å². The van der Waals surface area contributed by atoms with Crippen LogP contribution in [0.1, 0.15) is 43.7 Å². The Labute approximate surface area is 132 Å². The normalized spacial score (nSPS) is 26.6. The van der Waals surface area contributed by atoms with E-state index in [4.69, 9.17) is 4.74 Å². The predicted molar refractivity (Wildman–Crippen MR) is 86.6 cm³/mol. The molecule has 1 amide bonds. The van der Waals surface area contributed by atoms with Crippen LogP contribution in [0.2, 0.25) is 0 Å². The van der Waals surface area contributed by atoms with Gasteiger partial charge in [-0.05, 0) is 31.2 Å². The van der Waals surface area contributed by atoms with Gasteiger partial charge in [-0.25, -0.2) is 0 Å². The maximum Gasteiger partial charge on any atom is 0.222 e. The lowest BCUT2D eigenvalue weighted by Gasteiger charge is -2.30. The average molecular weight is 302 g/mol. The van der Waals surface area contributed by atoms with Gasteiger partial charge in [0, 0.05) is 32.7 Å². The Hall–Kier alpha value is -1.39. The van der Waals surface area contributed by atoms with Crippen LogP contribution in [0.3, 0.4) is 0 Å². The van der Waals surface area contributed by atoms with E-state index in [1.54, 1.807) is 7.11 Å². The summed E-state index contributed by atoms with van der Waals surface area (Å²) in [5.41, 5.74) is 1.25. The second kappa shape index (κ2) is 7.25. The van der Waals surface area contributed by atoms with Gasteiger partial charge in [0.25, 0.3) is 0 Å². The van der Waals surface area contributed by atoms with Crippen LogP contribution in [-0.4, -0.2) is 43.2 Å². The highest BCUT2D eigenvalue weighted by atomic mass is 16.5. The number of carbonyl (C=O) groups is 1. The first-order chi connectivity index (χ1) is 10.8. The monoisotopic (exact) mass is 302 g/mol. The van der Waals surface area contributed by atoms with Gasteiger partial charge in [-0.15, -0.1) is 0 Å². The number of rotatable bonds is 6. The molecule has 1 aliphatic carbocycles. The van der Waals surface area contributed by atoms with Gasteiger partial charge in [-0.1, -0.05) is 30.3 Å². The Bertz CT molecular complexity index is 491. The highest BCUT2D eigenvalue weighted by Crippen LogP contribution is 2.26. The molecule has 3 atom stereocenters. The first-order valence-corrected chi connectivity index (χ1v) is 8.39. The van der Waals surface area contributed by atoms with Gasteiger partial charge in [-0.3, -0.25) is 4.79 Å². The van der Waals surface area contributed by atoms with Crippen LogP contribution in [-0.2, 0) is 9.53 Å². The second-order valence-corrected chi connectivity index (χ2v) is 6.38. The molecule has 3 rings (SSSR count). The number of ether oxygens (including phenoxy) is 1. The Morgan fingerprint density at radius 2 is 2.09 bits per heavy atom. The van der Waals surface area contributed by atoms with E-state index in [1.807, 2.05) is 11.0 Å². The number of nitrogens with one attached hydrogen (secondary N) is 1. The number of carbonyl (C=O) groups excluding carboxylic acids is 1. The molecule has 1 aromatic carbocycles. The number of hydrogen-bond donors (Lipinski definition) is 1. The zero-order chi connectivity index (χ0) is 15.4. The first-order valence-electron chi connectivity index (χ1n) is 8.39. The van der Waals surface area contributed by atoms with Crippen molar-refractivity contribution >= 4 is 5.91 Å². The van der Waals surface area contributed by atoms with Crippen molar-refractivity contribution in [3.05, 3.63) is 35.9 Å². The van der Waals surface area contributed by atoms with Crippen molar-refractivity contribution in [3.8, 4) is 0 Å². The molecule has 22 heavy (non-hydrogen) atoms. The summed E-state index contributed by atoms with van der Waals surface area (Å²) < 4.78 is 5.61. The minimum absolute atomic E-state index is 0.184. The van der Waals surface area contributed by atoms with Crippen molar-refractivity contribution in [2.45, 2.75) is 50.3 Å². The molecule has 2 fully saturated rings. The first kappa shape index (κ1) is 15.5. The highest BCUT2D eigenvalue weighted by Gasteiger charge is 2.31. The molecular weight excluding hydrogens is 276 g/mol. The van der Waals surface area contributed by atoms with E-state index in [0.29, 0.717) is 18.6 Å². The molecule has 1 aliphatic heterocycles. The topological polar surface area (TPSA) is 41.6 Å². The summed E-state index contributed by atoms with van der Waals surface area (Å²) in [5, 5.41) is 3.76. The van der Waals surface area contributed by atoms with Crippen LogP contribution in [0.5, 0.6) is 0 Å². The Morgan fingerprint density at radius 1 is 1.27 bits per heavy atom. The van der Waals surface area contributed by atoms with E-state index in [1.165, 1.54) is 12.0 Å². The van der Waals surface area contributed by atoms with Gasteiger partial charge in [0.15, 0.2) is 0 Å². The number of nitrogens with zero attached hydrogens (tertiary/aromatic N) is 1. The van der Waals surface area contributed by atoms with Crippen molar-refractivity contribution in [1.29, 1.82) is 0 Å².